The van der Waals surface area contributed by atoms with Crippen molar-refractivity contribution in [3.8, 4) is 16.5 Å². The number of thiophene rings is 1. The van der Waals surface area contributed by atoms with Crippen molar-refractivity contribution in [2.24, 2.45) is 0 Å². The molecule has 0 radical (unpaired) electrons. The zero-order chi connectivity index (χ0) is 18.3. The van der Waals surface area contributed by atoms with Crippen molar-refractivity contribution < 1.29 is 13.9 Å². The van der Waals surface area contributed by atoms with E-state index in [-0.39, 0.29) is 5.91 Å². The Hall–Kier alpha value is -2.67. The Morgan fingerprint density at radius 2 is 2.08 bits per heavy atom. The van der Waals surface area contributed by atoms with Gasteiger partial charge in [0.05, 0.1) is 17.7 Å². The number of anilines is 1. The van der Waals surface area contributed by atoms with Gasteiger partial charge < -0.3 is 14.5 Å². The van der Waals surface area contributed by atoms with Crippen molar-refractivity contribution in [3.63, 3.8) is 0 Å². The van der Waals surface area contributed by atoms with Gasteiger partial charge in [0.25, 0.3) is 11.8 Å². The monoisotopic (exact) mass is 369 g/mol. The number of amides is 1. The number of benzene rings is 1. The number of methoxy groups -OCH3 is 1. The summed E-state index contributed by atoms with van der Waals surface area (Å²) in [4.78, 5) is 14.5. The molecule has 0 aliphatic heterocycles. The summed E-state index contributed by atoms with van der Waals surface area (Å²) in [5.74, 6) is 2.24. The second-order valence-corrected chi connectivity index (χ2v) is 7.69. The molecule has 0 saturated heterocycles. The second kappa shape index (κ2) is 6.57. The van der Waals surface area contributed by atoms with Gasteiger partial charge in [-0.15, -0.1) is 21.5 Å². The average molecular weight is 369 g/mol. The molecule has 1 aliphatic rings. The van der Waals surface area contributed by atoms with Crippen molar-refractivity contribution in [2.45, 2.75) is 32.6 Å². The topological polar surface area (TPSA) is 77.2 Å². The van der Waals surface area contributed by atoms with E-state index in [2.05, 4.69) is 15.5 Å². The summed E-state index contributed by atoms with van der Waals surface area (Å²) in [5.41, 5.74) is 2.24. The minimum absolute atomic E-state index is 0.151. The van der Waals surface area contributed by atoms with Crippen LogP contribution in [0.2, 0.25) is 0 Å². The molecule has 2 heterocycles. The van der Waals surface area contributed by atoms with Crippen molar-refractivity contribution in [1.29, 1.82) is 0 Å². The molecular formula is C19H19N3O3S. The lowest BCUT2D eigenvalue weighted by atomic mass is 10.1. The van der Waals surface area contributed by atoms with Crippen LogP contribution in [0.3, 0.4) is 0 Å². The molecule has 3 aromatic rings. The predicted octanol–water partition coefficient (Wildman–Crippen LogP) is 4.55. The highest BCUT2D eigenvalue weighted by Gasteiger charge is 2.30. The summed E-state index contributed by atoms with van der Waals surface area (Å²) in [6, 6.07) is 7.29. The molecule has 7 heteroatoms. The normalized spacial score (nSPS) is 13.7. The number of rotatable bonds is 5. The van der Waals surface area contributed by atoms with Crippen LogP contribution in [-0.2, 0) is 0 Å². The van der Waals surface area contributed by atoms with E-state index in [1.165, 1.54) is 11.3 Å². The lowest BCUT2D eigenvalue weighted by molar-refractivity contribution is 0.102. The zero-order valence-corrected chi connectivity index (χ0v) is 15.6. The first kappa shape index (κ1) is 16.8. The third kappa shape index (κ3) is 3.22. The van der Waals surface area contributed by atoms with E-state index in [0.717, 1.165) is 39.6 Å². The third-order valence-corrected chi connectivity index (χ3v) is 5.46. The summed E-state index contributed by atoms with van der Waals surface area (Å²) in [6.45, 7) is 3.85. The fraction of sp³-hybridized carbons (Fsp3) is 0.316. The van der Waals surface area contributed by atoms with Crippen LogP contribution in [0.5, 0.6) is 5.75 Å². The van der Waals surface area contributed by atoms with E-state index in [1.807, 2.05) is 26.0 Å². The average Bonchev–Trinajstić information content (AvgIpc) is 3.25. The largest absolute Gasteiger partial charge is 0.497 e. The Morgan fingerprint density at radius 1 is 1.27 bits per heavy atom. The molecule has 2 aromatic heterocycles. The number of nitrogens with zero attached hydrogens (tertiary/aromatic N) is 2. The van der Waals surface area contributed by atoms with Crippen LogP contribution in [0.25, 0.3) is 10.8 Å². The van der Waals surface area contributed by atoms with Crippen LogP contribution in [-0.4, -0.2) is 23.2 Å². The van der Waals surface area contributed by atoms with Gasteiger partial charge in [-0.25, -0.2) is 0 Å². The van der Waals surface area contributed by atoms with Gasteiger partial charge >= 0.3 is 0 Å². The van der Waals surface area contributed by atoms with Gasteiger partial charge in [0, 0.05) is 16.4 Å². The molecule has 26 heavy (non-hydrogen) atoms. The fourth-order valence-electron chi connectivity index (χ4n) is 2.75. The molecule has 1 N–H and O–H groups in total. The minimum atomic E-state index is -0.151. The molecule has 1 amide bonds. The van der Waals surface area contributed by atoms with Gasteiger partial charge in [-0.3, -0.25) is 4.79 Å². The van der Waals surface area contributed by atoms with E-state index < -0.39 is 0 Å². The van der Waals surface area contributed by atoms with Crippen molar-refractivity contribution >= 4 is 22.9 Å². The summed E-state index contributed by atoms with van der Waals surface area (Å²) in [5, 5.41) is 11.2. The summed E-state index contributed by atoms with van der Waals surface area (Å²) in [6.07, 6.45) is 2.24. The molecule has 0 bridgehead atoms. The highest BCUT2D eigenvalue weighted by Crippen LogP contribution is 2.41. The molecule has 134 valence electrons. The molecule has 0 spiro atoms. The van der Waals surface area contributed by atoms with Gasteiger partial charge in [-0.1, -0.05) is 0 Å². The zero-order valence-electron chi connectivity index (χ0n) is 14.8. The van der Waals surface area contributed by atoms with Crippen LogP contribution in [0.4, 0.5) is 5.69 Å². The summed E-state index contributed by atoms with van der Waals surface area (Å²) >= 11 is 1.53. The van der Waals surface area contributed by atoms with Gasteiger partial charge in [0.15, 0.2) is 0 Å². The molecule has 1 fully saturated rings. The van der Waals surface area contributed by atoms with Crippen molar-refractivity contribution in [3.05, 3.63) is 46.2 Å². The van der Waals surface area contributed by atoms with E-state index in [4.69, 9.17) is 9.15 Å². The number of hydrogen-bond acceptors (Lipinski definition) is 6. The summed E-state index contributed by atoms with van der Waals surface area (Å²) < 4.78 is 10.9. The number of carbonyl (C=O) groups excluding carboxylic acids is 1. The first-order valence-electron chi connectivity index (χ1n) is 8.45. The predicted molar refractivity (Wildman–Crippen MR) is 100 cm³/mol. The van der Waals surface area contributed by atoms with Gasteiger partial charge in [-0.2, -0.15) is 0 Å². The van der Waals surface area contributed by atoms with Crippen LogP contribution in [0.1, 0.15) is 45.4 Å². The van der Waals surface area contributed by atoms with Gasteiger partial charge in [-0.05, 0) is 56.5 Å². The van der Waals surface area contributed by atoms with Crippen LogP contribution in [0, 0.1) is 13.8 Å². The summed E-state index contributed by atoms with van der Waals surface area (Å²) in [7, 11) is 1.61. The Labute approximate surface area is 155 Å². The van der Waals surface area contributed by atoms with Crippen molar-refractivity contribution in [1.82, 2.24) is 10.2 Å². The van der Waals surface area contributed by atoms with Gasteiger partial charge in [0.2, 0.25) is 5.89 Å². The maximum absolute atomic E-state index is 12.6. The quantitative estimate of drug-likeness (QED) is 0.714. The van der Waals surface area contributed by atoms with Crippen LogP contribution >= 0.6 is 11.3 Å². The molecule has 0 unspecified atom stereocenters. The Balaban J connectivity index is 1.54. The number of nitrogens with one attached hydrogen (secondary N) is 1. The van der Waals surface area contributed by atoms with Crippen molar-refractivity contribution in [2.75, 3.05) is 12.4 Å². The lowest BCUT2D eigenvalue weighted by Gasteiger charge is -2.08. The number of aromatic nitrogens is 2. The number of aryl methyl sites for hydroxylation is 2. The van der Waals surface area contributed by atoms with E-state index in [9.17, 15) is 4.79 Å². The molecule has 1 saturated carbocycles. The minimum Gasteiger partial charge on any atom is -0.497 e. The Morgan fingerprint density at radius 3 is 2.77 bits per heavy atom. The number of carbonyl (C=O) groups is 1. The molecule has 0 atom stereocenters. The second-order valence-electron chi connectivity index (χ2n) is 6.44. The Kier molecular flexibility index (Phi) is 4.24. The van der Waals surface area contributed by atoms with E-state index >= 15 is 0 Å². The maximum Gasteiger partial charge on any atom is 0.257 e. The van der Waals surface area contributed by atoms with E-state index in [0.29, 0.717) is 23.3 Å². The smallest absolute Gasteiger partial charge is 0.257 e. The first-order chi connectivity index (χ1) is 12.5. The lowest BCUT2D eigenvalue weighted by Crippen LogP contribution is -2.13. The number of ether oxygens (including phenoxy) is 1. The van der Waals surface area contributed by atoms with Crippen LogP contribution < -0.4 is 10.1 Å². The highest BCUT2D eigenvalue weighted by molar-refractivity contribution is 7.15. The molecule has 6 nitrogen and oxygen atoms in total. The Bertz CT molecular complexity index is 972. The third-order valence-electron chi connectivity index (χ3n) is 4.42. The maximum atomic E-state index is 12.6. The molecule has 1 aliphatic carbocycles. The van der Waals surface area contributed by atoms with Crippen LogP contribution in [0.15, 0.2) is 28.7 Å². The SMILES string of the molecule is COc1ccc(C(=O)Nc2cc(-c3nnc(C4CC4)o3)sc2C)c(C)c1. The molecule has 1 aromatic carbocycles. The fourth-order valence-corrected chi connectivity index (χ4v) is 3.64. The molecular weight excluding hydrogens is 350 g/mol. The standard InChI is InChI=1S/C19H19N3O3S/c1-10-8-13(24-3)6-7-14(10)17(23)20-15-9-16(26-11(15)2)19-22-21-18(25-19)12-4-5-12/h6-9,12H,4-5H2,1-3H3,(H,20,23). The van der Waals surface area contributed by atoms with E-state index in [1.54, 1.807) is 19.2 Å². The first-order valence-corrected chi connectivity index (χ1v) is 9.27. The highest BCUT2D eigenvalue weighted by atomic mass is 32.1. The number of hydrogen-bond donors (Lipinski definition) is 1. The van der Waals surface area contributed by atoms with Gasteiger partial charge in [0.1, 0.15) is 5.75 Å². The molecule has 4 rings (SSSR count).